The van der Waals surface area contributed by atoms with Crippen LogP contribution in [-0.2, 0) is 6.42 Å². The molecule has 0 aliphatic heterocycles. The molecule has 0 amide bonds. The first-order chi connectivity index (χ1) is 9.65. The molecule has 0 fully saturated rings. The normalized spacial score (nSPS) is 13.8. The number of hydrogen-bond donors (Lipinski definition) is 1. The Morgan fingerprint density at radius 1 is 1.25 bits per heavy atom. The molecule has 1 N–H and O–H groups in total. The minimum Gasteiger partial charge on any atom is -0.488 e. The monoisotopic (exact) mass is 335 g/mol. The largest absolute Gasteiger partial charge is 0.488 e. The van der Waals surface area contributed by atoms with Crippen molar-refractivity contribution in [3.05, 3.63) is 58.8 Å². The number of hydrogen-bond acceptors (Lipinski definition) is 3. The Hall–Kier alpha value is -1.39. The number of ether oxygens (including phenoxy) is 1. The number of aliphatic hydroxyl groups excluding tert-OH is 1. The average molecular weight is 336 g/mol. The number of aliphatic hydroxyl groups is 1. The molecule has 3 nitrogen and oxygen atoms in total. The quantitative estimate of drug-likeness (QED) is 0.876. The highest BCUT2D eigenvalue weighted by molar-refractivity contribution is 9.10. The maximum absolute atomic E-state index is 10.1. The van der Waals surface area contributed by atoms with Gasteiger partial charge >= 0.3 is 0 Å². The van der Waals surface area contributed by atoms with E-state index in [2.05, 4.69) is 20.9 Å². The molecule has 0 bridgehead atoms. The van der Waals surface area contributed by atoms with Crippen LogP contribution in [0.25, 0.3) is 0 Å². The molecule has 0 saturated carbocycles. The van der Waals surface area contributed by atoms with Crippen molar-refractivity contribution in [3.63, 3.8) is 0 Å². The molecule has 106 valence electrons. The van der Waals surface area contributed by atoms with Gasteiger partial charge in [-0.25, -0.2) is 0 Å². The number of benzene rings is 1. The van der Waals surface area contributed by atoms with Gasteiger partial charge in [-0.05, 0) is 55.7 Å². The molecule has 0 aliphatic rings. The van der Waals surface area contributed by atoms with Crippen LogP contribution >= 0.6 is 15.9 Å². The smallest absolute Gasteiger partial charge is 0.122 e. The lowest BCUT2D eigenvalue weighted by molar-refractivity contribution is 0.0420. The second kappa shape index (κ2) is 7.41. The van der Waals surface area contributed by atoms with Crippen molar-refractivity contribution in [1.82, 2.24) is 4.98 Å². The van der Waals surface area contributed by atoms with Gasteiger partial charge in [-0.2, -0.15) is 0 Å². The number of nitrogens with zero attached hydrogens (tertiary/aromatic N) is 1. The van der Waals surface area contributed by atoms with Gasteiger partial charge in [0.05, 0.1) is 6.10 Å². The molecule has 1 aromatic carbocycles. The summed E-state index contributed by atoms with van der Waals surface area (Å²) < 4.78 is 6.74. The van der Waals surface area contributed by atoms with E-state index in [0.717, 1.165) is 22.2 Å². The SMILES string of the molecule is C[C@H](Oc1ccc(Br)cc1)[C@@H](O)CCc1cccnc1. The van der Waals surface area contributed by atoms with Crippen LogP contribution in [0.4, 0.5) is 0 Å². The topological polar surface area (TPSA) is 42.4 Å². The summed E-state index contributed by atoms with van der Waals surface area (Å²) in [7, 11) is 0. The fraction of sp³-hybridized carbons (Fsp3) is 0.312. The van der Waals surface area contributed by atoms with Crippen molar-refractivity contribution in [2.24, 2.45) is 0 Å². The zero-order valence-corrected chi connectivity index (χ0v) is 13.0. The van der Waals surface area contributed by atoms with Gasteiger partial charge in [-0.15, -0.1) is 0 Å². The van der Waals surface area contributed by atoms with Gasteiger partial charge in [-0.3, -0.25) is 4.98 Å². The summed E-state index contributed by atoms with van der Waals surface area (Å²) >= 11 is 3.38. The standard InChI is InChI=1S/C16H18BrNO2/c1-12(20-15-7-5-14(17)6-8-15)16(19)9-4-13-3-2-10-18-11-13/h2-3,5-8,10-12,16,19H,4,9H2,1H3/t12-,16-/m0/s1. The Morgan fingerprint density at radius 3 is 2.65 bits per heavy atom. The third-order valence-electron chi connectivity index (χ3n) is 3.13. The van der Waals surface area contributed by atoms with Gasteiger partial charge in [0, 0.05) is 16.9 Å². The van der Waals surface area contributed by atoms with E-state index in [9.17, 15) is 5.11 Å². The summed E-state index contributed by atoms with van der Waals surface area (Å²) in [5.41, 5.74) is 1.13. The lowest BCUT2D eigenvalue weighted by Gasteiger charge is -2.20. The highest BCUT2D eigenvalue weighted by Gasteiger charge is 2.15. The predicted octanol–water partition coefficient (Wildman–Crippen LogP) is 3.61. The van der Waals surface area contributed by atoms with Crippen LogP contribution in [-0.4, -0.2) is 22.3 Å². The molecule has 20 heavy (non-hydrogen) atoms. The first kappa shape index (κ1) is 15.0. The molecule has 1 aromatic heterocycles. The molecule has 2 atom stereocenters. The predicted molar refractivity (Wildman–Crippen MR) is 82.8 cm³/mol. The zero-order chi connectivity index (χ0) is 14.4. The third kappa shape index (κ3) is 4.62. The summed E-state index contributed by atoms with van der Waals surface area (Å²) in [5.74, 6) is 0.765. The molecule has 2 rings (SSSR count). The van der Waals surface area contributed by atoms with E-state index >= 15 is 0 Å². The minimum absolute atomic E-state index is 0.243. The van der Waals surface area contributed by atoms with E-state index in [1.807, 2.05) is 49.5 Å². The van der Waals surface area contributed by atoms with Crippen molar-refractivity contribution in [2.45, 2.75) is 32.0 Å². The Labute approximate surface area is 127 Å². The van der Waals surface area contributed by atoms with Crippen LogP contribution in [0.2, 0.25) is 0 Å². The van der Waals surface area contributed by atoms with E-state index in [1.54, 1.807) is 6.20 Å². The second-order valence-electron chi connectivity index (χ2n) is 4.74. The van der Waals surface area contributed by atoms with Gasteiger partial charge in [0.15, 0.2) is 0 Å². The van der Waals surface area contributed by atoms with Gasteiger partial charge in [0.1, 0.15) is 11.9 Å². The average Bonchev–Trinajstić information content (AvgIpc) is 2.48. The molecule has 0 aliphatic carbocycles. The maximum Gasteiger partial charge on any atom is 0.122 e. The lowest BCUT2D eigenvalue weighted by Crippen LogP contribution is -2.29. The molecule has 1 heterocycles. The van der Waals surface area contributed by atoms with Crippen LogP contribution < -0.4 is 4.74 Å². The molecule has 0 unspecified atom stereocenters. The number of aryl methyl sites for hydroxylation is 1. The number of aromatic nitrogens is 1. The first-order valence-electron chi connectivity index (χ1n) is 6.64. The molecule has 2 aromatic rings. The summed E-state index contributed by atoms with van der Waals surface area (Å²) in [6.45, 7) is 1.88. The number of pyridine rings is 1. The van der Waals surface area contributed by atoms with Crippen molar-refractivity contribution >= 4 is 15.9 Å². The number of rotatable bonds is 6. The van der Waals surface area contributed by atoms with E-state index in [4.69, 9.17) is 4.74 Å². The highest BCUT2D eigenvalue weighted by Crippen LogP contribution is 2.19. The molecule has 4 heteroatoms. The Kier molecular flexibility index (Phi) is 5.56. The summed E-state index contributed by atoms with van der Waals surface area (Å²) in [5, 5.41) is 10.1. The lowest BCUT2D eigenvalue weighted by atomic mass is 10.1. The van der Waals surface area contributed by atoms with E-state index in [0.29, 0.717) is 6.42 Å². The Morgan fingerprint density at radius 2 is 2.00 bits per heavy atom. The van der Waals surface area contributed by atoms with Crippen LogP contribution in [0.3, 0.4) is 0 Å². The van der Waals surface area contributed by atoms with Gasteiger partial charge in [0.25, 0.3) is 0 Å². The highest BCUT2D eigenvalue weighted by atomic mass is 79.9. The fourth-order valence-electron chi connectivity index (χ4n) is 1.90. The second-order valence-corrected chi connectivity index (χ2v) is 5.66. The van der Waals surface area contributed by atoms with Crippen molar-refractivity contribution in [1.29, 1.82) is 0 Å². The Balaban J connectivity index is 1.82. The van der Waals surface area contributed by atoms with Crippen molar-refractivity contribution < 1.29 is 9.84 Å². The van der Waals surface area contributed by atoms with Crippen LogP contribution in [0.1, 0.15) is 18.9 Å². The van der Waals surface area contributed by atoms with E-state index in [1.165, 1.54) is 0 Å². The summed E-state index contributed by atoms with van der Waals surface area (Å²) in [6.07, 6.45) is 4.28. The Bertz CT molecular complexity index is 516. The maximum atomic E-state index is 10.1. The van der Waals surface area contributed by atoms with Crippen molar-refractivity contribution in [2.75, 3.05) is 0 Å². The number of halogens is 1. The van der Waals surface area contributed by atoms with Crippen LogP contribution in [0.5, 0.6) is 5.75 Å². The van der Waals surface area contributed by atoms with E-state index in [-0.39, 0.29) is 6.10 Å². The molecular formula is C16H18BrNO2. The fourth-order valence-corrected chi connectivity index (χ4v) is 2.17. The van der Waals surface area contributed by atoms with Gasteiger partial charge < -0.3 is 9.84 Å². The zero-order valence-electron chi connectivity index (χ0n) is 11.4. The van der Waals surface area contributed by atoms with E-state index < -0.39 is 6.10 Å². The molecular weight excluding hydrogens is 318 g/mol. The van der Waals surface area contributed by atoms with Crippen LogP contribution in [0.15, 0.2) is 53.3 Å². The third-order valence-corrected chi connectivity index (χ3v) is 3.66. The van der Waals surface area contributed by atoms with Crippen molar-refractivity contribution in [3.8, 4) is 5.75 Å². The van der Waals surface area contributed by atoms with Crippen LogP contribution in [0, 0.1) is 0 Å². The molecule has 0 saturated heterocycles. The minimum atomic E-state index is -0.501. The van der Waals surface area contributed by atoms with Gasteiger partial charge in [-0.1, -0.05) is 22.0 Å². The first-order valence-corrected chi connectivity index (χ1v) is 7.43. The molecule has 0 spiro atoms. The van der Waals surface area contributed by atoms with Gasteiger partial charge in [0.2, 0.25) is 0 Å². The molecule has 0 radical (unpaired) electrons. The summed E-state index contributed by atoms with van der Waals surface area (Å²) in [6, 6.07) is 11.5. The summed E-state index contributed by atoms with van der Waals surface area (Å²) in [4.78, 5) is 4.07.